The highest BCUT2D eigenvalue weighted by atomic mass is 35.5. The number of aryl methyl sites for hydroxylation is 2. The van der Waals surface area contributed by atoms with E-state index >= 15 is 0 Å². The molecule has 0 aliphatic carbocycles. The van der Waals surface area contributed by atoms with Crippen molar-refractivity contribution in [2.45, 2.75) is 23.6 Å². The molecule has 34 heavy (non-hydrogen) atoms. The van der Waals surface area contributed by atoms with Gasteiger partial charge >= 0.3 is 0 Å². The molecule has 170 valence electrons. The maximum Gasteiger partial charge on any atom is 0.212 e. The summed E-state index contributed by atoms with van der Waals surface area (Å²) in [6.45, 7) is 3.59. The van der Waals surface area contributed by atoms with Crippen LogP contribution < -0.4 is 5.73 Å². The summed E-state index contributed by atoms with van der Waals surface area (Å²) in [5, 5.41) is 5.01. The lowest BCUT2D eigenvalue weighted by molar-refractivity contribution is 0.596. The van der Waals surface area contributed by atoms with Crippen LogP contribution in [0.15, 0.2) is 81.6 Å². The molecular weight excluding hydrogens is 470 g/mol. The number of hydrogen-bond acceptors (Lipinski definition) is 6. The number of nitrogens with two attached hydrogens (primary N) is 1. The topological polar surface area (TPSA) is 103 Å². The average Bonchev–Trinajstić information content (AvgIpc) is 3.08. The monoisotopic (exact) mass is 489 g/mol. The minimum atomic E-state index is -4.03. The first-order valence-electron chi connectivity index (χ1n) is 10.4. The van der Waals surface area contributed by atoms with E-state index in [9.17, 15) is 8.42 Å². The number of sulfone groups is 1. The van der Waals surface area contributed by atoms with Crippen LogP contribution in [0.2, 0.25) is 5.02 Å². The minimum Gasteiger partial charge on any atom is -0.382 e. The second kappa shape index (κ2) is 8.23. The van der Waals surface area contributed by atoms with E-state index in [0.29, 0.717) is 21.6 Å². The maximum atomic E-state index is 13.9. The molecule has 0 aliphatic heterocycles. The van der Waals surface area contributed by atoms with Crippen LogP contribution in [0.5, 0.6) is 0 Å². The number of nitrogen functional groups attached to an aromatic ring is 1. The Bertz CT molecular complexity index is 1730. The van der Waals surface area contributed by atoms with E-state index in [1.807, 2.05) is 31.2 Å². The number of rotatable bonds is 4. The maximum absolute atomic E-state index is 13.9. The molecule has 0 radical (unpaired) electrons. The van der Waals surface area contributed by atoms with Gasteiger partial charge in [0.15, 0.2) is 5.65 Å². The van der Waals surface area contributed by atoms with Gasteiger partial charge in [0.05, 0.1) is 22.1 Å². The highest BCUT2D eigenvalue weighted by molar-refractivity contribution is 7.92. The van der Waals surface area contributed by atoms with Crippen molar-refractivity contribution in [1.82, 2.24) is 14.6 Å². The van der Waals surface area contributed by atoms with Crippen LogP contribution in [-0.4, -0.2) is 29.3 Å². The second-order valence-corrected chi connectivity index (χ2v) is 10.3. The molecule has 5 aromatic rings. The van der Waals surface area contributed by atoms with E-state index in [4.69, 9.17) is 17.3 Å². The summed E-state index contributed by atoms with van der Waals surface area (Å²) in [7, 11) is -4.03. The fraction of sp³-hybridized carbons (Fsp3) is 0.0800. The lowest BCUT2D eigenvalue weighted by Crippen LogP contribution is -2.08. The van der Waals surface area contributed by atoms with Gasteiger partial charge in [0, 0.05) is 5.02 Å². The van der Waals surface area contributed by atoms with Crippen LogP contribution in [0.25, 0.3) is 22.2 Å². The van der Waals surface area contributed by atoms with Gasteiger partial charge in [-0.3, -0.25) is 0 Å². The Morgan fingerprint density at radius 3 is 2.44 bits per heavy atom. The minimum absolute atomic E-state index is 0.0653. The van der Waals surface area contributed by atoms with Gasteiger partial charge in [-0.1, -0.05) is 48.0 Å². The first-order valence-corrected chi connectivity index (χ1v) is 12.3. The van der Waals surface area contributed by atoms with Crippen molar-refractivity contribution in [3.05, 3.63) is 88.4 Å². The highest BCUT2D eigenvalue weighted by Gasteiger charge is 2.31. The number of anilines is 1. The third kappa shape index (κ3) is 3.70. The summed E-state index contributed by atoms with van der Waals surface area (Å²) in [6.07, 6.45) is 1.55. The number of hydrogen-bond donors (Lipinski definition) is 1. The molecule has 9 heteroatoms. The first-order chi connectivity index (χ1) is 16.3. The Kier molecular flexibility index (Phi) is 5.34. The van der Waals surface area contributed by atoms with E-state index in [1.165, 1.54) is 4.68 Å². The number of para-hydroxylation sites is 2. The molecule has 2 heterocycles. The van der Waals surface area contributed by atoms with Crippen LogP contribution in [0.1, 0.15) is 16.7 Å². The van der Waals surface area contributed by atoms with E-state index in [2.05, 4.69) is 15.1 Å². The number of halogens is 1. The Labute approximate surface area is 201 Å². The fourth-order valence-corrected chi connectivity index (χ4v) is 5.83. The molecule has 0 saturated carbocycles. The van der Waals surface area contributed by atoms with Crippen molar-refractivity contribution in [2.75, 3.05) is 5.73 Å². The van der Waals surface area contributed by atoms with Crippen LogP contribution in [0.3, 0.4) is 0 Å². The smallest absolute Gasteiger partial charge is 0.212 e. The van der Waals surface area contributed by atoms with Crippen molar-refractivity contribution >= 4 is 55.7 Å². The SMILES string of the molecule is Cc1ccc(C)c(S(=O)(=O)c2c(N)n(/N=C/c3cccc(Cl)c3)c3nc4ccccc4nc23)c1. The van der Waals surface area contributed by atoms with Crippen molar-refractivity contribution in [3.63, 3.8) is 0 Å². The summed E-state index contributed by atoms with van der Waals surface area (Å²) >= 11 is 6.08. The molecule has 0 spiro atoms. The van der Waals surface area contributed by atoms with E-state index in [1.54, 1.807) is 55.6 Å². The van der Waals surface area contributed by atoms with Gasteiger partial charge in [0.2, 0.25) is 9.84 Å². The summed E-state index contributed by atoms with van der Waals surface area (Å²) in [6, 6.07) is 19.6. The number of aromatic nitrogens is 3. The summed E-state index contributed by atoms with van der Waals surface area (Å²) in [4.78, 5) is 9.35. The van der Waals surface area contributed by atoms with Gasteiger partial charge in [-0.05, 0) is 60.9 Å². The molecular formula is C25H20ClN5O2S. The summed E-state index contributed by atoms with van der Waals surface area (Å²) in [5.74, 6) is -0.0653. The number of benzene rings is 3. The van der Waals surface area contributed by atoms with Crippen LogP contribution >= 0.6 is 11.6 Å². The molecule has 0 unspecified atom stereocenters. The van der Waals surface area contributed by atoms with Crippen LogP contribution in [-0.2, 0) is 9.84 Å². The standard InChI is InChI=1S/C25H20ClN5O2S/c1-15-10-11-16(2)21(12-15)34(32,33)23-22-25(30-20-9-4-3-8-19(20)29-22)31(24(23)27)28-14-17-6-5-7-18(26)13-17/h3-14H,27H2,1-2H3/b28-14+. The normalized spacial score (nSPS) is 12.2. The molecule has 0 saturated heterocycles. The molecule has 0 aliphatic rings. The molecule has 2 N–H and O–H groups in total. The Morgan fingerprint density at radius 2 is 1.71 bits per heavy atom. The van der Waals surface area contributed by atoms with Gasteiger partial charge in [0.1, 0.15) is 16.2 Å². The van der Waals surface area contributed by atoms with Crippen LogP contribution in [0.4, 0.5) is 5.82 Å². The van der Waals surface area contributed by atoms with Gasteiger partial charge in [-0.15, -0.1) is 0 Å². The molecule has 0 atom stereocenters. The third-order valence-corrected chi connectivity index (χ3v) is 7.70. The van der Waals surface area contributed by atoms with Gasteiger partial charge in [-0.2, -0.15) is 9.78 Å². The lowest BCUT2D eigenvalue weighted by Gasteiger charge is -2.09. The Balaban J connectivity index is 1.82. The Hall–Kier alpha value is -3.75. The van der Waals surface area contributed by atoms with E-state index in [-0.39, 0.29) is 26.8 Å². The number of fused-ring (bicyclic) bond motifs is 2. The number of nitrogens with zero attached hydrogens (tertiary/aromatic N) is 4. The van der Waals surface area contributed by atoms with Crippen molar-refractivity contribution in [1.29, 1.82) is 0 Å². The van der Waals surface area contributed by atoms with Gasteiger partial charge in [-0.25, -0.2) is 18.4 Å². The molecule has 5 rings (SSSR count). The average molecular weight is 490 g/mol. The lowest BCUT2D eigenvalue weighted by atomic mass is 10.2. The van der Waals surface area contributed by atoms with E-state index < -0.39 is 9.84 Å². The molecule has 0 amide bonds. The predicted octanol–water partition coefficient (Wildman–Crippen LogP) is 5.15. The third-order valence-electron chi connectivity index (χ3n) is 5.50. The first kappa shape index (κ1) is 22.1. The Morgan fingerprint density at radius 1 is 0.971 bits per heavy atom. The van der Waals surface area contributed by atoms with Crippen LogP contribution in [0, 0.1) is 13.8 Å². The van der Waals surface area contributed by atoms with E-state index in [0.717, 1.165) is 11.1 Å². The zero-order chi connectivity index (χ0) is 24.0. The molecule has 2 aromatic heterocycles. The zero-order valence-corrected chi connectivity index (χ0v) is 20.0. The molecule has 3 aromatic carbocycles. The summed E-state index contributed by atoms with van der Waals surface area (Å²) < 4.78 is 29.1. The van der Waals surface area contributed by atoms with Gasteiger partial charge in [0.25, 0.3) is 0 Å². The molecule has 7 nitrogen and oxygen atoms in total. The van der Waals surface area contributed by atoms with Crippen molar-refractivity contribution < 1.29 is 8.42 Å². The largest absolute Gasteiger partial charge is 0.382 e. The van der Waals surface area contributed by atoms with Crippen molar-refractivity contribution in [3.8, 4) is 0 Å². The quantitative estimate of drug-likeness (QED) is 0.351. The van der Waals surface area contributed by atoms with Gasteiger partial charge < -0.3 is 5.73 Å². The molecule has 0 fully saturated rings. The second-order valence-electron chi connectivity index (χ2n) is 7.98. The molecule has 0 bridgehead atoms. The predicted molar refractivity (Wildman–Crippen MR) is 135 cm³/mol. The fourth-order valence-electron chi connectivity index (χ4n) is 3.82. The zero-order valence-electron chi connectivity index (χ0n) is 18.4. The highest BCUT2D eigenvalue weighted by Crippen LogP contribution is 2.36. The summed E-state index contributed by atoms with van der Waals surface area (Å²) in [5.41, 5.74) is 10.2. The van der Waals surface area contributed by atoms with Crippen molar-refractivity contribution in [2.24, 2.45) is 5.10 Å².